The summed E-state index contributed by atoms with van der Waals surface area (Å²) in [7, 11) is 0. The first-order chi connectivity index (χ1) is 34.3. The third-order valence-corrected chi connectivity index (χ3v) is 14.3. The van der Waals surface area contributed by atoms with E-state index >= 15 is 0 Å². The summed E-state index contributed by atoms with van der Waals surface area (Å²) in [5, 5.41) is 2.19. The zero-order valence-electron chi connectivity index (χ0n) is 41.8. The molecular formula is C66H57N4OPt-3. The molecule has 1 aliphatic heterocycles. The summed E-state index contributed by atoms with van der Waals surface area (Å²) < 4.78 is 9.11. The molecule has 0 atom stereocenters. The maximum Gasteiger partial charge on any atom is 0.135 e. The van der Waals surface area contributed by atoms with Crippen molar-refractivity contribution in [2.45, 2.75) is 64.7 Å². The van der Waals surface area contributed by atoms with Gasteiger partial charge in [-0.25, -0.2) is 4.98 Å². The molecule has 0 radical (unpaired) electrons. The van der Waals surface area contributed by atoms with Gasteiger partial charge in [-0.05, 0) is 98.0 Å². The van der Waals surface area contributed by atoms with Gasteiger partial charge in [0.1, 0.15) is 5.82 Å². The molecule has 2 aromatic heterocycles. The quantitative estimate of drug-likeness (QED) is 0.121. The average molecular weight is 1120 g/mol. The molecule has 1 aliphatic rings. The Morgan fingerprint density at radius 2 is 1.04 bits per heavy atom. The number of anilines is 2. The molecule has 8 aromatic carbocycles. The fraction of sp³-hybridized carbons (Fsp3) is 0.152. The molecule has 0 spiro atoms. The molecule has 0 fully saturated rings. The standard InChI is InChI=1S/C66H57N4O.Pt/c1-64(2,3)52-32-33-67-63(42-52)70-61-31-28-48(46-20-12-8-13-21-46)38-60(61)59-30-29-57(44-62(59)70)71-58-37-49(47-22-14-9-15-23-47)36-55(43-58)68-34-35-69(45-68)56-40-53(65(4,5)50-24-16-10-17-25-50)39-54(41-56)66(6,7)51-26-18-11-19-27-51;/h8-42,45H,1-7H3;/q-3;. The van der Waals surface area contributed by atoms with Crippen LogP contribution in [0, 0.1) is 18.8 Å². The van der Waals surface area contributed by atoms with Crippen LogP contribution in [0.3, 0.4) is 0 Å². The summed E-state index contributed by atoms with van der Waals surface area (Å²) in [6.45, 7) is 18.1. The number of hydrogen-bond donors (Lipinski definition) is 0. The topological polar surface area (TPSA) is 33.5 Å². The van der Waals surface area contributed by atoms with Gasteiger partial charge in [0.25, 0.3) is 0 Å². The van der Waals surface area contributed by atoms with Gasteiger partial charge >= 0.3 is 0 Å². The van der Waals surface area contributed by atoms with Gasteiger partial charge in [0.2, 0.25) is 0 Å². The number of rotatable bonds is 11. The van der Waals surface area contributed by atoms with E-state index in [1.807, 2.05) is 18.3 Å². The zero-order chi connectivity index (χ0) is 48.9. The number of benzene rings is 8. The van der Waals surface area contributed by atoms with Crippen LogP contribution in [0.4, 0.5) is 11.4 Å². The third kappa shape index (κ3) is 9.30. The summed E-state index contributed by atoms with van der Waals surface area (Å²) in [4.78, 5) is 9.29. The van der Waals surface area contributed by atoms with Crippen molar-refractivity contribution in [1.29, 1.82) is 0 Å². The molecular weight excluding hydrogens is 1060 g/mol. The Morgan fingerprint density at radius 3 is 1.65 bits per heavy atom. The Labute approximate surface area is 439 Å². The molecule has 3 heterocycles. The Morgan fingerprint density at radius 1 is 0.458 bits per heavy atom. The van der Waals surface area contributed by atoms with Crippen molar-refractivity contribution < 1.29 is 25.8 Å². The third-order valence-electron chi connectivity index (χ3n) is 14.3. The van der Waals surface area contributed by atoms with Crippen LogP contribution in [-0.2, 0) is 37.3 Å². The Kier molecular flexibility index (Phi) is 12.9. The SMILES string of the molecule is CC(C)(C)c1ccnc(-n2c3[c-]c(Oc4[c-]c(N5C=CN(c6cc(C(C)(C)c7ccccc7)cc(C(C)(C)c7ccccc7)c6)[CH-]5)cc(-c5ccccc5)c4)ccc3c3cc(-c4ccccc4)ccc32)c1.[Pt]. The number of fused-ring (bicyclic) bond motifs is 3. The molecule has 0 N–H and O–H groups in total. The van der Waals surface area contributed by atoms with Gasteiger partial charge < -0.3 is 19.1 Å². The van der Waals surface area contributed by atoms with E-state index in [4.69, 9.17) is 9.72 Å². The van der Waals surface area contributed by atoms with E-state index in [0.717, 1.165) is 55.7 Å². The van der Waals surface area contributed by atoms with E-state index < -0.39 is 0 Å². The summed E-state index contributed by atoms with van der Waals surface area (Å²) in [6.07, 6.45) is 6.14. The van der Waals surface area contributed by atoms with Gasteiger partial charge in [-0.1, -0.05) is 194 Å². The number of aromatic nitrogens is 2. The monoisotopic (exact) mass is 1120 g/mol. The fourth-order valence-corrected chi connectivity index (χ4v) is 9.85. The maximum atomic E-state index is 6.89. The molecule has 11 rings (SSSR count). The number of ether oxygens (including phenoxy) is 1. The van der Waals surface area contributed by atoms with Gasteiger partial charge in [0.05, 0.1) is 0 Å². The number of pyridine rings is 1. The smallest absolute Gasteiger partial charge is 0.135 e. The maximum absolute atomic E-state index is 6.89. The molecule has 72 heavy (non-hydrogen) atoms. The molecule has 5 nitrogen and oxygen atoms in total. The summed E-state index contributed by atoms with van der Waals surface area (Å²) >= 11 is 0. The van der Waals surface area contributed by atoms with E-state index in [0.29, 0.717) is 11.5 Å². The minimum Gasteiger partial charge on any atom is -0.509 e. The van der Waals surface area contributed by atoms with Crippen LogP contribution >= 0.6 is 0 Å². The molecule has 10 aromatic rings. The van der Waals surface area contributed by atoms with Crippen LogP contribution in [0.2, 0.25) is 0 Å². The van der Waals surface area contributed by atoms with Crippen molar-refractivity contribution in [2.24, 2.45) is 0 Å². The van der Waals surface area contributed by atoms with Crippen LogP contribution in [0.1, 0.15) is 76.3 Å². The van der Waals surface area contributed by atoms with Crippen LogP contribution < -0.4 is 14.5 Å². The van der Waals surface area contributed by atoms with Crippen molar-refractivity contribution >= 4 is 33.2 Å². The van der Waals surface area contributed by atoms with Crippen molar-refractivity contribution in [1.82, 2.24) is 9.55 Å². The second-order valence-corrected chi connectivity index (χ2v) is 20.7. The molecule has 0 amide bonds. The molecule has 0 unspecified atom stereocenters. The molecule has 0 aliphatic carbocycles. The van der Waals surface area contributed by atoms with Gasteiger partial charge in [0, 0.05) is 60.8 Å². The van der Waals surface area contributed by atoms with Gasteiger partial charge in [-0.15, -0.1) is 53.6 Å². The number of hydrogen-bond acceptors (Lipinski definition) is 4. The van der Waals surface area contributed by atoms with E-state index in [9.17, 15) is 0 Å². The number of nitrogens with zero attached hydrogens (tertiary/aromatic N) is 4. The normalized spacial score (nSPS) is 12.9. The summed E-state index contributed by atoms with van der Waals surface area (Å²) in [5.74, 6) is 2.00. The van der Waals surface area contributed by atoms with Crippen molar-refractivity contribution in [2.75, 3.05) is 9.80 Å². The summed E-state index contributed by atoms with van der Waals surface area (Å²) in [6, 6.07) is 76.4. The van der Waals surface area contributed by atoms with Crippen LogP contribution in [-0.4, -0.2) is 9.55 Å². The summed E-state index contributed by atoms with van der Waals surface area (Å²) in [5.41, 5.74) is 14.0. The fourth-order valence-electron chi connectivity index (χ4n) is 9.85. The van der Waals surface area contributed by atoms with Gasteiger partial charge in [-0.3, -0.25) is 0 Å². The molecule has 0 saturated carbocycles. The average Bonchev–Trinajstić information content (AvgIpc) is 4.03. The van der Waals surface area contributed by atoms with E-state index in [1.165, 1.54) is 33.4 Å². The first-order valence-corrected chi connectivity index (χ1v) is 24.5. The van der Waals surface area contributed by atoms with E-state index in [-0.39, 0.29) is 37.3 Å². The predicted molar refractivity (Wildman–Crippen MR) is 294 cm³/mol. The largest absolute Gasteiger partial charge is 0.509 e. The molecule has 0 saturated heterocycles. The predicted octanol–water partition coefficient (Wildman–Crippen LogP) is 16.8. The van der Waals surface area contributed by atoms with Crippen molar-refractivity contribution in [3.05, 3.63) is 259 Å². The van der Waals surface area contributed by atoms with E-state index in [1.54, 1.807) is 0 Å². The molecule has 0 bridgehead atoms. The van der Waals surface area contributed by atoms with E-state index in [2.05, 4.69) is 276 Å². The zero-order valence-corrected chi connectivity index (χ0v) is 44.1. The minimum atomic E-state index is -0.252. The van der Waals surface area contributed by atoms with Crippen LogP contribution in [0.15, 0.2) is 213 Å². The van der Waals surface area contributed by atoms with Crippen LogP contribution in [0.25, 0.3) is 49.9 Å². The minimum absolute atomic E-state index is 0. The molecule has 360 valence electrons. The molecule has 6 heteroatoms. The van der Waals surface area contributed by atoms with Crippen molar-refractivity contribution in [3.8, 4) is 39.6 Å². The van der Waals surface area contributed by atoms with Gasteiger partial charge in [0.15, 0.2) is 0 Å². The second-order valence-electron chi connectivity index (χ2n) is 20.7. The van der Waals surface area contributed by atoms with Crippen molar-refractivity contribution in [3.63, 3.8) is 0 Å². The Bertz CT molecular complexity index is 3510. The van der Waals surface area contributed by atoms with Crippen LogP contribution in [0.5, 0.6) is 11.5 Å². The first-order valence-electron chi connectivity index (χ1n) is 24.5. The van der Waals surface area contributed by atoms with Gasteiger partial charge in [-0.2, -0.15) is 6.07 Å². The Balaban J connectivity index is 0.00000596. The first kappa shape index (κ1) is 48.2. The second kappa shape index (κ2) is 19.3. The Hall–Kier alpha value is -7.46.